The molecule has 1 aliphatic rings. The number of benzene rings is 3. The summed E-state index contributed by atoms with van der Waals surface area (Å²) in [5, 5.41) is 3.47. The molecule has 1 N–H and O–H groups in total. The molecule has 1 atom stereocenters. The van der Waals surface area contributed by atoms with Gasteiger partial charge < -0.3 is 19.7 Å². The molecular formula is C28H31FN2O3. The highest BCUT2D eigenvalue weighted by Crippen LogP contribution is 2.29. The SMILES string of the molecule is COc1cc(CCNC(C(=O)N2CCCC2)c2ccccc2)ccc1OCc1cccc(F)c1. The number of carbonyl (C=O) groups excluding carboxylic acids is 1. The van der Waals surface area contributed by atoms with Crippen molar-refractivity contribution in [3.8, 4) is 11.5 Å². The van der Waals surface area contributed by atoms with E-state index in [0.717, 1.165) is 49.0 Å². The standard InChI is InChI=1S/C28H31FN2O3/c1-33-26-19-21(12-13-25(26)34-20-22-8-7-11-24(29)18-22)14-15-30-27(23-9-3-2-4-10-23)28(32)31-16-5-6-17-31/h2-4,7-13,18-19,27,30H,5-6,14-17,20H2,1H3. The fourth-order valence-corrected chi connectivity index (χ4v) is 4.25. The lowest BCUT2D eigenvalue weighted by Gasteiger charge is -2.24. The molecule has 0 radical (unpaired) electrons. The highest BCUT2D eigenvalue weighted by Gasteiger charge is 2.27. The van der Waals surface area contributed by atoms with Gasteiger partial charge in [-0.2, -0.15) is 0 Å². The van der Waals surface area contributed by atoms with Gasteiger partial charge in [0.2, 0.25) is 5.91 Å². The van der Waals surface area contributed by atoms with Crippen molar-refractivity contribution in [2.45, 2.75) is 31.9 Å². The van der Waals surface area contributed by atoms with Crippen LogP contribution in [0.5, 0.6) is 11.5 Å². The lowest BCUT2D eigenvalue weighted by Crippen LogP contribution is -2.40. The number of hydrogen-bond acceptors (Lipinski definition) is 4. The van der Waals surface area contributed by atoms with E-state index in [1.807, 2.05) is 59.5 Å². The third kappa shape index (κ3) is 6.14. The van der Waals surface area contributed by atoms with Gasteiger partial charge in [-0.15, -0.1) is 0 Å². The number of carbonyl (C=O) groups is 1. The number of nitrogens with zero attached hydrogens (tertiary/aromatic N) is 1. The molecule has 4 rings (SSSR count). The second-order valence-electron chi connectivity index (χ2n) is 8.48. The lowest BCUT2D eigenvalue weighted by molar-refractivity contribution is -0.132. The van der Waals surface area contributed by atoms with Crippen LogP contribution in [0.2, 0.25) is 0 Å². The van der Waals surface area contributed by atoms with Crippen molar-refractivity contribution in [1.29, 1.82) is 0 Å². The van der Waals surface area contributed by atoms with E-state index in [0.29, 0.717) is 18.0 Å². The first-order valence-electron chi connectivity index (χ1n) is 11.8. The number of halogens is 1. The Morgan fingerprint density at radius 3 is 2.50 bits per heavy atom. The fraction of sp³-hybridized carbons (Fsp3) is 0.321. The first kappa shape index (κ1) is 23.8. The minimum atomic E-state index is -0.352. The Morgan fingerprint density at radius 1 is 0.971 bits per heavy atom. The number of ether oxygens (including phenoxy) is 2. The van der Waals surface area contributed by atoms with E-state index in [1.165, 1.54) is 12.1 Å². The Balaban J connectivity index is 1.38. The minimum Gasteiger partial charge on any atom is -0.493 e. The van der Waals surface area contributed by atoms with E-state index in [1.54, 1.807) is 13.2 Å². The molecule has 0 spiro atoms. The number of methoxy groups -OCH3 is 1. The molecule has 0 bridgehead atoms. The third-order valence-corrected chi connectivity index (χ3v) is 6.07. The van der Waals surface area contributed by atoms with Crippen LogP contribution in [0.25, 0.3) is 0 Å². The smallest absolute Gasteiger partial charge is 0.244 e. The molecule has 1 fully saturated rings. The third-order valence-electron chi connectivity index (χ3n) is 6.07. The summed E-state index contributed by atoms with van der Waals surface area (Å²) in [5.74, 6) is 1.09. The Bertz CT molecular complexity index is 1080. The maximum Gasteiger partial charge on any atom is 0.244 e. The van der Waals surface area contributed by atoms with Crippen LogP contribution < -0.4 is 14.8 Å². The molecule has 3 aromatic rings. The zero-order valence-electron chi connectivity index (χ0n) is 19.5. The van der Waals surface area contributed by atoms with Crippen molar-refractivity contribution < 1.29 is 18.7 Å². The highest BCUT2D eigenvalue weighted by atomic mass is 19.1. The maximum absolute atomic E-state index is 13.4. The molecule has 1 unspecified atom stereocenters. The van der Waals surface area contributed by atoms with E-state index in [9.17, 15) is 9.18 Å². The predicted molar refractivity (Wildman–Crippen MR) is 130 cm³/mol. The second kappa shape index (κ2) is 11.7. The van der Waals surface area contributed by atoms with Crippen molar-refractivity contribution in [1.82, 2.24) is 10.2 Å². The molecule has 34 heavy (non-hydrogen) atoms. The van der Waals surface area contributed by atoms with Gasteiger partial charge in [0.05, 0.1) is 7.11 Å². The van der Waals surface area contributed by atoms with Crippen molar-refractivity contribution in [3.63, 3.8) is 0 Å². The van der Waals surface area contributed by atoms with Crippen molar-refractivity contribution in [2.75, 3.05) is 26.7 Å². The summed E-state index contributed by atoms with van der Waals surface area (Å²) in [6.07, 6.45) is 2.87. The lowest BCUT2D eigenvalue weighted by atomic mass is 10.0. The van der Waals surface area contributed by atoms with E-state index in [-0.39, 0.29) is 24.4 Å². The molecule has 0 aliphatic carbocycles. The normalized spacial score (nSPS) is 14.1. The van der Waals surface area contributed by atoms with Gasteiger partial charge in [-0.3, -0.25) is 4.79 Å². The number of amides is 1. The largest absolute Gasteiger partial charge is 0.493 e. The summed E-state index contributed by atoms with van der Waals surface area (Å²) in [6.45, 7) is 2.56. The van der Waals surface area contributed by atoms with E-state index >= 15 is 0 Å². The van der Waals surface area contributed by atoms with Crippen LogP contribution >= 0.6 is 0 Å². The number of likely N-dealkylation sites (tertiary alicyclic amines) is 1. The summed E-state index contributed by atoms with van der Waals surface area (Å²) in [6, 6.07) is 21.7. The monoisotopic (exact) mass is 462 g/mol. The number of nitrogens with one attached hydrogen (secondary N) is 1. The van der Waals surface area contributed by atoms with Gasteiger partial charge in [0.1, 0.15) is 18.5 Å². The molecule has 6 heteroatoms. The first-order valence-corrected chi connectivity index (χ1v) is 11.8. The summed E-state index contributed by atoms with van der Waals surface area (Å²) < 4.78 is 24.8. The summed E-state index contributed by atoms with van der Waals surface area (Å²) in [5.41, 5.74) is 2.81. The molecule has 1 aliphatic heterocycles. The van der Waals surface area contributed by atoms with Crippen LogP contribution in [-0.4, -0.2) is 37.6 Å². The van der Waals surface area contributed by atoms with Gasteiger partial charge >= 0.3 is 0 Å². The molecule has 0 saturated carbocycles. The number of hydrogen-bond donors (Lipinski definition) is 1. The maximum atomic E-state index is 13.4. The van der Waals surface area contributed by atoms with Gasteiger partial charge in [0.15, 0.2) is 11.5 Å². The Hall–Kier alpha value is -3.38. The Kier molecular flexibility index (Phi) is 8.15. The molecule has 1 saturated heterocycles. The average molecular weight is 463 g/mol. The van der Waals surface area contributed by atoms with Gasteiger partial charge in [0, 0.05) is 19.6 Å². The van der Waals surface area contributed by atoms with E-state index in [4.69, 9.17) is 9.47 Å². The summed E-state index contributed by atoms with van der Waals surface area (Å²) in [4.78, 5) is 15.1. The zero-order valence-corrected chi connectivity index (χ0v) is 19.5. The second-order valence-corrected chi connectivity index (χ2v) is 8.48. The molecular weight excluding hydrogens is 431 g/mol. The van der Waals surface area contributed by atoms with Gasteiger partial charge in [-0.1, -0.05) is 48.5 Å². The van der Waals surface area contributed by atoms with Crippen LogP contribution in [0.15, 0.2) is 72.8 Å². The zero-order chi connectivity index (χ0) is 23.8. The first-order chi connectivity index (χ1) is 16.6. The van der Waals surface area contributed by atoms with Crippen LogP contribution in [-0.2, 0) is 17.8 Å². The predicted octanol–water partition coefficient (Wildman–Crippen LogP) is 4.91. The molecule has 178 valence electrons. The number of rotatable bonds is 10. The van der Waals surface area contributed by atoms with Gasteiger partial charge in [-0.05, 0) is 60.2 Å². The quantitative estimate of drug-likeness (QED) is 0.465. The van der Waals surface area contributed by atoms with Gasteiger partial charge in [-0.25, -0.2) is 4.39 Å². The topological polar surface area (TPSA) is 50.8 Å². The molecule has 0 aromatic heterocycles. The van der Waals surface area contributed by atoms with E-state index in [2.05, 4.69) is 5.32 Å². The molecule has 3 aromatic carbocycles. The van der Waals surface area contributed by atoms with Crippen LogP contribution in [0, 0.1) is 5.82 Å². The molecule has 5 nitrogen and oxygen atoms in total. The van der Waals surface area contributed by atoms with Gasteiger partial charge in [0.25, 0.3) is 0 Å². The van der Waals surface area contributed by atoms with Crippen LogP contribution in [0.4, 0.5) is 4.39 Å². The van der Waals surface area contributed by atoms with Crippen molar-refractivity contribution in [3.05, 3.63) is 95.3 Å². The van der Waals surface area contributed by atoms with E-state index < -0.39 is 0 Å². The van der Waals surface area contributed by atoms with Crippen LogP contribution in [0.1, 0.15) is 35.6 Å². The van der Waals surface area contributed by atoms with Crippen molar-refractivity contribution in [2.24, 2.45) is 0 Å². The van der Waals surface area contributed by atoms with Crippen molar-refractivity contribution >= 4 is 5.91 Å². The summed E-state index contributed by atoms with van der Waals surface area (Å²) in [7, 11) is 1.60. The van der Waals surface area contributed by atoms with Crippen LogP contribution in [0.3, 0.4) is 0 Å². The average Bonchev–Trinajstić information content (AvgIpc) is 3.41. The Morgan fingerprint density at radius 2 is 1.76 bits per heavy atom. The molecule has 1 amide bonds. The Labute approximate surface area is 200 Å². The summed E-state index contributed by atoms with van der Waals surface area (Å²) >= 11 is 0. The minimum absolute atomic E-state index is 0.141. The highest BCUT2D eigenvalue weighted by molar-refractivity contribution is 5.83. The fourth-order valence-electron chi connectivity index (χ4n) is 4.25. The molecule has 1 heterocycles.